The Kier molecular flexibility index (Phi) is 6.65. The summed E-state index contributed by atoms with van der Waals surface area (Å²) >= 11 is 0. The SMILES string of the molecule is CCC(CC)c1cc(CNC(=NC)NCC2CCS(=O)(=O)C2)on1. The lowest BCUT2D eigenvalue weighted by atomic mass is 9.99. The Bertz CT molecular complexity index is 650. The zero-order chi connectivity index (χ0) is 17.6. The fraction of sp³-hybridized carbons (Fsp3) is 0.750. The monoisotopic (exact) mass is 356 g/mol. The van der Waals surface area contributed by atoms with Crippen molar-refractivity contribution in [2.45, 2.75) is 45.6 Å². The highest BCUT2D eigenvalue weighted by Crippen LogP contribution is 2.22. The maximum atomic E-state index is 11.5. The topological polar surface area (TPSA) is 96.6 Å². The van der Waals surface area contributed by atoms with Crippen LogP contribution >= 0.6 is 0 Å². The third-order valence-corrected chi connectivity index (χ3v) is 6.36. The minimum Gasteiger partial charge on any atom is -0.359 e. The van der Waals surface area contributed by atoms with Crippen molar-refractivity contribution in [2.75, 3.05) is 25.1 Å². The average Bonchev–Trinajstić information content (AvgIpc) is 3.15. The molecule has 8 heteroatoms. The minimum atomic E-state index is -2.84. The lowest BCUT2D eigenvalue weighted by Crippen LogP contribution is -2.39. The highest BCUT2D eigenvalue weighted by atomic mass is 32.2. The van der Waals surface area contributed by atoms with Gasteiger partial charge in [-0.3, -0.25) is 4.99 Å². The van der Waals surface area contributed by atoms with Crippen LogP contribution in [0.25, 0.3) is 0 Å². The molecule has 0 spiro atoms. The zero-order valence-electron chi connectivity index (χ0n) is 14.7. The first-order chi connectivity index (χ1) is 11.5. The van der Waals surface area contributed by atoms with Gasteiger partial charge in [0, 0.05) is 25.6 Å². The number of hydrogen-bond donors (Lipinski definition) is 2. The molecule has 1 aliphatic rings. The Hall–Kier alpha value is -1.57. The molecule has 1 unspecified atom stereocenters. The smallest absolute Gasteiger partial charge is 0.191 e. The van der Waals surface area contributed by atoms with E-state index in [4.69, 9.17) is 4.52 Å². The molecule has 7 nitrogen and oxygen atoms in total. The van der Waals surface area contributed by atoms with E-state index >= 15 is 0 Å². The predicted octanol–water partition coefficient (Wildman–Crippen LogP) is 1.68. The fourth-order valence-corrected chi connectivity index (χ4v) is 4.84. The van der Waals surface area contributed by atoms with Crippen LogP contribution in [0, 0.1) is 5.92 Å². The third kappa shape index (κ3) is 5.22. The maximum absolute atomic E-state index is 11.5. The summed E-state index contributed by atoms with van der Waals surface area (Å²) in [5, 5.41) is 10.5. The van der Waals surface area contributed by atoms with E-state index in [1.54, 1.807) is 7.05 Å². The molecule has 0 aliphatic carbocycles. The van der Waals surface area contributed by atoms with E-state index in [9.17, 15) is 8.42 Å². The highest BCUT2D eigenvalue weighted by molar-refractivity contribution is 7.91. The van der Waals surface area contributed by atoms with Crippen LogP contribution in [-0.2, 0) is 16.4 Å². The van der Waals surface area contributed by atoms with Gasteiger partial charge in [0.05, 0.1) is 23.7 Å². The normalized spacial score (nSPS) is 20.5. The van der Waals surface area contributed by atoms with Crippen LogP contribution in [0.3, 0.4) is 0 Å². The lowest BCUT2D eigenvalue weighted by molar-refractivity contribution is 0.368. The van der Waals surface area contributed by atoms with Crippen molar-refractivity contribution in [1.82, 2.24) is 15.8 Å². The number of guanidine groups is 1. The Morgan fingerprint density at radius 3 is 2.75 bits per heavy atom. The van der Waals surface area contributed by atoms with E-state index in [0.29, 0.717) is 37.1 Å². The van der Waals surface area contributed by atoms with Gasteiger partial charge >= 0.3 is 0 Å². The van der Waals surface area contributed by atoms with Crippen molar-refractivity contribution < 1.29 is 12.9 Å². The molecule has 1 saturated heterocycles. The summed E-state index contributed by atoms with van der Waals surface area (Å²) in [5.41, 5.74) is 0.996. The summed E-state index contributed by atoms with van der Waals surface area (Å²) in [5.74, 6) is 2.55. The molecule has 1 aliphatic heterocycles. The largest absolute Gasteiger partial charge is 0.359 e. The molecule has 0 bridgehead atoms. The molecule has 2 heterocycles. The first kappa shape index (κ1) is 18.8. The number of nitrogens with zero attached hydrogens (tertiary/aromatic N) is 2. The van der Waals surface area contributed by atoms with Gasteiger partial charge in [-0.1, -0.05) is 19.0 Å². The summed E-state index contributed by atoms with van der Waals surface area (Å²) in [7, 11) is -1.15. The van der Waals surface area contributed by atoms with E-state index in [0.717, 1.165) is 24.3 Å². The molecule has 1 fully saturated rings. The van der Waals surface area contributed by atoms with E-state index < -0.39 is 9.84 Å². The summed E-state index contributed by atoms with van der Waals surface area (Å²) in [6.07, 6.45) is 2.81. The molecular weight excluding hydrogens is 328 g/mol. The van der Waals surface area contributed by atoms with E-state index in [-0.39, 0.29) is 11.7 Å². The predicted molar refractivity (Wildman–Crippen MR) is 94.8 cm³/mol. The van der Waals surface area contributed by atoms with Gasteiger partial charge < -0.3 is 15.2 Å². The molecule has 0 saturated carbocycles. The molecule has 0 aromatic carbocycles. The van der Waals surface area contributed by atoms with Crippen LogP contribution in [0.4, 0.5) is 0 Å². The Balaban J connectivity index is 1.79. The number of hydrogen-bond acceptors (Lipinski definition) is 5. The quantitative estimate of drug-likeness (QED) is 0.570. The van der Waals surface area contributed by atoms with Gasteiger partial charge in [0.25, 0.3) is 0 Å². The number of rotatable bonds is 7. The second-order valence-electron chi connectivity index (χ2n) is 6.31. The van der Waals surface area contributed by atoms with E-state index in [1.165, 1.54) is 0 Å². The molecular formula is C16H28N4O3S. The third-order valence-electron chi connectivity index (χ3n) is 4.52. The highest BCUT2D eigenvalue weighted by Gasteiger charge is 2.27. The zero-order valence-corrected chi connectivity index (χ0v) is 15.5. The first-order valence-electron chi connectivity index (χ1n) is 8.57. The lowest BCUT2D eigenvalue weighted by Gasteiger charge is -2.13. The number of aliphatic imine (C=N–C) groups is 1. The van der Waals surface area contributed by atoms with Gasteiger partial charge in [-0.15, -0.1) is 0 Å². The van der Waals surface area contributed by atoms with E-state index in [2.05, 4.69) is 34.6 Å². The van der Waals surface area contributed by atoms with Crippen LogP contribution in [0.5, 0.6) is 0 Å². The van der Waals surface area contributed by atoms with Gasteiger partial charge in [0.2, 0.25) is 0 Å². The Morgan fingerprint density at radius 1 is 1.42 bits per heavy atom. The van der Waals surface area contributed by atoms with Crippen molar-refractivity contribution in [3.63, 3.8) is 0 Å². The fourth-order valence-electron chi connectivity index (χ4n) is 2.98. The van der Waals surface area contributed by atoms with Crippen LogP contribution in [-0.4, -0.2) is 44.6 Å². The molecule has 1 aromatic rings. The Labute approximate surface area is 144 Å². The van der Waals surface area contributed by atoms with Crippen LogP contribution < -0.4 is 10.6 Å². The van der Waals surface area contributed by atoms with Crippen molar-refractivity contribution in [1.29, 1.82) is 0 Å². The van der Waals surface area contributed by atoms with Crippen molar-refractivity contribution in [2.24, 2.45) is 10.9 Å². The van der Waals surface area contributed by atoms with Gasteiger partial charge in [-0.2, -0.15) is 0 Å². The molecule has 0 radical (unpaired) electrons. The van der Waals surface area contributed by atoms with Gasteiger partial charge in [0.1, 0.15) is 0 Å². The first-order valence-corrected chi connectivity index (χ1v) is 10.4. The summed E-state index contributed by atoms with van der Waals surface area (Å²) in [4.78, 5) is 4.16. The van der Waals surface area contributed by atoms with Crippen molar-refractivity contribution in [3.05, 3.63) is 17.5 Å². The molecule has 2 rings (SSSR count). The van der Waals surface area contributed by atoms with Crippen molar-refractivity contribution in [3.8, 4) is 0 Å². The summed E-state index contributed by atoms with van der Waals surface area (Å²) in [6.45, 7) is 5.40. The molecule has 24 heavy (non-hydrogen) atoms. The second-order valence-corrected chi connectivity index (χ2v) is 8.54. The van der Waals surface area contributed by atoms with Crippen LogP contribution in [0.15, 0.2) is 15.6 Å². The van der Waals surface area contributed by atoms with Gasteiger partial charge in [-0.05, 0) is 25.2 Å². The van der Waals surface area contributed by atoms with Crippen LogP contribution in [0.1, 0.15) is 50.5 Å². The molecule has 1 aromatic heterocycles. The molecule has 2 N–H and O–H groups in total. The Morgan fingerprint density at radius 2 is 2.17 bits per heavy atom. The number of aromatic nitrogens is 1. The van der Waals surface area contributed by atoms with Gasteiger partial charge in [0.15, 0.2) is 21.6 Å². The molecule has 136 valence electrons. The maximum Gasteiger partial charge on any atom is 0.191 e. The summed E-state index contributed by atoms with van der Waals surface area (Å²) < 4.78 is 28.3. The minimum absolute atomic E-state index is 0.153. The second kappa shape index (κ2) is 8.50. The molecule has 0 amide bonds. The summed E-state index contributed by atoms with van der Waals surface area (Å²) in [6, 6.07) is 1.99. The van der Waals surface area contributed by atoms with Crippen LogP contribution in [0.2, 0.25) is 0 Å². The standard InChI is InChI=1S/C16H28N4O3S/c1-4-13(5-2)15-8-14(23-20-15)10-19-16(17-3)18-9-12-6-7-24(21,22)11-12/h8,12-13H,4-7,9-11H2,1-3H3,(H2,17,18,19). The van der Waals surface area contributed by atoms with Gasteiger partial charge in [-0.25, -0.2) is 8.42 Å². The van der Waals surface area contributed by atoms with E-state index in [1.807, 2.05) is 6.07 Å². The number of sulfone groups is 1. The molecule has 1 atom stereocenters. The van der Waals surface area contributed by atoms with Crippen molar-refractivity contribution >= 4 is 15.8 Å². The average molecular weight is 356 g/mol. The number of nitrogens with one attached hydrogen (secondary N) is 2.